The number of nitrogens with one attached hydrogen (secondary N) is 1. The van der Waals surface area contributed by atoms with Crippen molar-refractivity contribution < 1.29 is 14.3 Å². The van der Waals surface area contributed by atoms with Gasteiger partial charge in [0.2, 0.25) is 0 Å². The normalized spacial score (nSPS) is 20.5. The molecule has 3 aromatic rings. The molecule has 1 aliphatic rings. The molecule has 5 nitrogen and oxygen atoms in total. The van der Waals surface area contributed by atoms with Gasteiger partial charge < -0.3 is 14.8 Å². The lowest BCUT2D eigenvalue weighted by Crippen LogP contribution is -2.48. The fraction of sp³-hybridized carbons (Fsp3) is 0.333. The lowest BCUT2D eigenvalue weighted by atomic mass is 9.75. The Balaban J connectivity index is 1.57. The number of fused-ring (bicyclic) bond motifs is 1. The standard InChI is InChI=1S/C21H22N2O3/c1-13-9-15-3-2-4-18(20(15)26-13)21(25)23-19(16-11-17(24)12-16)10-14-5-7-22-8-6-14/h2-9,16-17,19,24H,10-12H2,1H3,(H,23,25)/t16?,17?,19-/m0/s1. The number of aliphatic hydroxyl groups is 1. The van der Waals surface area contributed by atoms with Crippen LogP contribution in [0.3, 0.4) is 0 Å². The molecule has 1 amide bonds. The molecule has 0 spiro atoms. The van der Waals surface area contributed by atoms with E-state index < -0.39 is 0 Å². The van der Waals surface area contributed by atoms with E-state index in [4.69, 9.17) is 4.42 Å². The van der Waals surface area contributed by atoms with Crippen molar-refractivity contribution in [2.24, 2.45) is 5.92 Å². The number of hydrogen-bond acceptors (Lipinski definition) is 4. The molecule has 1 aromatic carbocycles. The van der Waals surface area contributed by atoms with Crippen LogP contribution < -0.4 is 5.32 Å². The van der Waals surface area contributed by atoms with Gasteiger partial charge in [-0.1, -0.05) is 12.1 Å². The topological polar surface area (TPSA) is 75.4 Å². The molecule has 134 valence electrons. The van der Waals surface area contributed by atoms with Crippen molar-refractivity contribution in [1.29, 1.82) is 0 Å². The lowest BCUT2D eigenvalue weighted by Gasteiger charge is -2.38. The first kappa shape index (κ1) is 16.8. The minimum atomic E-state index is -0.256. The van der Waals surface area contributed by atoms with Crippen LogP contribution in [0.25, 0.3) is 11.0 Å². The van der Waals surface area contributed by atoms with Crippen LogP contribution in [-0.4, -0.2) is 28.1 Å². The van der Waals surface area contributed by atoms with Crippen LogP contribution in [0.4, 0.5) is 0 Å². The Morgan fingerprint density at radius 2 is 2.08 bits per heavy atom. The molecule has 0 unspecified atom stereocenters. The Kier molecular flexibility index (Phi) is 4.47. The first-order valence-electron chi connectivity index (χ1n) is 8.97. The number of furan rings is 1. The third-order valence-electron chi connectivity index (χ3n) is 5.15. The maximum absolute atomic E-state index is 12.9. The number of aryl methyl sites for hydroxylation is 1. The Bertz CT molecular complexity index is 913. The summed E-state index contributed by atoms with van der Waals surface area (Å²) >= 11 is 0. The summed E-state index contributed by atoms with van der Waals surface area (Å²) in [4.78, 5) is 17.0. The minimum absolute atomic E-state index is 0.0281. The molecule has 5 heteroatoms. The van der Waals surface area contributed by atoms with Crippen LogP contribution in [0.15, 0.2) is 53.2 Å². The van der Waals surface area contributed by atoms with Crippen LogP contribution in [0.1, 0.15) is 34.5 Å². The second kappa shape index (κ2) is 6.92. The van der Waals surface area contributed by atoms with Crippen LogP contribution in [0.5, 0.6) is 0 Å². The van der Waals surface area contributed by atoms with Crippen molar-refractivity contribution in [3.8, 4) is 0 Å². The van der Waals surface area contributed by atoms with Gasteiger partial charge in [-0.2, -0.15) is 0 Å². The molecule has 0 bridgehead atoms. The first-order chi connectivity index (χ1) is 12.6. The molecule has 2 aromatic heterocycles. The Labute approximate surface area is 152 Å². The average molecular weight is 350 g/mol. The predicted octanol–water partition coefficient (Wildman–Crippen LogP) is 3.25. The summed E-state index contributed by atoms with van der Waals surface area (Å²) < 4.78 is 5.73. The number of aromatic nitrogens is 1. The summed E-state index contributed by atoms with van der Waals surface area (Å²) in [5.41, 5.74) is 2.30. The van der Waals surface area contributed by atoms with Gasteiger partial charge in [0, 0.05) is 23.8 Å². The first-order valence-corrected chi connectivity index (χ1v) is 8.97. The van der Waals surface area contributed by atoms with Crippen molar-refractivity contribution in [1.82, 2.24) is 10.3 Å². The van der Waals surface area contributed by atoms with Crippen LogP contribution >= 0.6 is 0 Å². The third-order valence-corrected chi connectivity index (χ3v) is 5.15. The van der Waals surface area contributed by atoms with Gasteiger partial charge in [-0.25, -0.2) is 0 Å². The van der Waals surface area contributed by atoms with E-state index >= 15 is 0 Å². The quantitative estimate of drug-likeness (QED) is 0.741. The summed E-state index contributed by atoms with van der Waals surface area (Å²) in [6, 6.07) is 11.4. The maximum atomic E-state index is 12.9. The smallest absolute Gasteiger partial charge is 0.255 e. The zero-order chi connectivity index (χ0) is 18.1. The number of nitrogens with zero attached hydrogens (tertiary/aromatic N) is 1. The molecular formula is C21H22N2O3. The Morgan fingerprint density at radius 1 is 1.31 bits per heavy atom. The summed E-state index contributed by atoms with van der Waals surface area (Å²) in [5, 5.41) is 13.8. The molecule has 2 N–H and O–H groups in total. The number of amides is 1. The zero-order valence-corrected chi connectivity index (χ0v) is 14.7. The van der Waals surface area contributed by atoms with E-state index in [0.717, 1.165) is 36.0 Å². The number of carbonyl (C=O) groups excluding carboxylic acids is 1. The van der Waals surface area contributed by atoms with Crippen molar-refractivity contribution in [2.45, 2.75) is 38.3 Å². The van der Waals surface area contributed by atoms with E-state index in [0.29, 0.717) is 11.1 Å². The number of carbonyl (C=O) groups is 1. The zero-order valence-electron chi connectivity index (χ0n) is 14.7. The largest absolute Gasteiger partial charge is 0.461 e. The molecule has 0 saturated heterocycles. The molecule has 1 fully saturated rings. The summed E-state index contributed by atoms with van der Waals surface area (Å²) in [7, 11) is 0. The van der Waals surface area contributed by atoms with Crippen LogP contribution in [0.2, 0.25) is 0 Å². The van der Waals surface area contributed by atoms with Crippen molar-refractivity contribution in [2.75, 3.05) is 0 Å². The molecule has 26 heavy (non-hydrogen) atoms. The number of para-hydroxylation sites is 1. The van der Waals surface area contributed by atoms with E-state index in [-0.39, 0.29) is 24.0 Å². The fourth-order valence-corrected chi connectivity index (χ4v) is 3.68. The average Bonchev–Trinajstić information content (AvgIpc) is 2.99. The van der Waals surface area contributed by atoms with Gasteiger partial charge in [-0.3, -0.25) is 9.78 Å². The van der Waals surface area contributed by atoms with Gasteiger partial charge in [-0.05, 0) is 61.9 Å². The highest BCUT2D eigenvalue weighted by Gasteiger charge is 2.35. The van der Waals surface area contributed by atoms with E-state index in [1.54, 1.807) is 18.5 Å². The van der Waals surface area contributed by atoms with Crippen molar-refractivity contribution in [3.05, 3.63) is 65.7 Å². The van der Waals surface area contributed by atoms with E-state index in [1.807, 2.05) is 37.3 Å². The number of hydrogen-bond donors (Lipinski definition) is 2. The maximum Gasteiger partial charge on any atom is 0.255 e. The van der Waals surface area contributed by atoms with Crippen molar-refractivity contribution >= 4 is 16.9 Å². The van der Waals surface area contributed by atoms with Gasteiger partial charge in [0.1, 0.15) is 11.3 Å². The van der Waals surface area contributed by atoms with Gasteiger partial charge in [0.05, 0.1) is 11.7 Å². The van der Waals surface area contributed by atoms with Crippen molar-refractivity contribution in [3.63, 3.8) is 0 Å². The molecule has 0 radical (unpaired) electrons. The number of aliphatic hydroxyl groups excluding tert-OH is 1. The molecule has 1 aliphatic carbocycles. The van der Waals surface area contributed by atoms with Gasteiger partial charge in [-0.15, -0.1) is 0 Å². The Morgan fingerprint density at radius 3 is 2.81 bits per heavy atom. The highest BCUT2D eigenvalue weighted by atomic mass is 16.3. The number of benzene rings is 1. The minimum Gasteiger partial charge on any atom is -0.461 e. The highest BCUT2D eigenvalue weighted by Crippen LogP contribution is 2.32. The van der Waals surface area contributed by atoms with Gasteiger partial charge in [0.15, 0.2) is 0 Å². The molecule has 1 atom stereocenters. The van der Waals surface area contributed by atoms with Crippen LogP contribution in [0, 0.1) is 12.8 Å². The number of pyridine rings is 1. The summed E-state index contributed by atoms with van der Waals surface area (Å²) in [6.07, 6.45) is 5.43. The second-order valence-electron chi connectivity index (χ2n) is 7.11. The molecular weight excluding hydrogens is 328 g/mol. The number of rotatable bonds is 5. The van der Waals surface area contributed by atoms with Gasteiger partial charge in [0.25, 0.3) is 5.91 Å². The van der Waals surface area contributed by atoms with Crippen LogP contribution in [-0.2, 0) is 6.42 Å². The van der Waals surface area contributed by atoms with E-state index in [2.05, 4.69) is 10.3 Å². The second-order valence-corrected chi connectivity index (χ2v) is 7.11. The monoisotopic (exact) mass is 350 g/mol. The highest BCUT2D eigenvalue weighted by molar-refractivity contribution is 6.05. The SMILES string of the molecule is Cc1cc2cccc(C(=O)N[C@@H](Cc3ccncc3)C3CC(O)C3)c2o1. The lowest BCUT2D eigenvalue weighted by molar-refractivity contribution is 0.0239. The van der Waals surface area contributed by atoms with E-state index in [9.17, 15) is 9.90 Å². The fourth-order valence-electron chi connectivity index (χ4n) is 3.68. The molecule has 2 heterocycles. The summed E-state index contributed by atoms with van der Waals surface area (Å²) in [6.45, 7) is 1.88. The third kappa shape index (κ3) is 3.35. The summed E-state index contributed by atoms with van der Waals surface area (Å²) in [5.74, 6) is 0.931. The molecule has 0 aliphatic heterocycles. The molecule has 1 saturated carbocycles. The Hall–Kier alpha value is -2.66. The molecule has 4 rings (SSSR count). The van der Waals surface area contributed by atoms with E-state index in [1.165, 1.54) is 0 Å². The van der Waals surface area contributed by atoms with Gasteiger partial charge >= 0.3 is 0 Å². The predicted molar refractivity (Wildman–Crippen MR) is 98.9 cm³/mol.